The van der Waals surface area contributed by atoms with Gasteiger partial charge in [0.05, 0.1) is 6.20 Å². The van der Waals surface area contributed by atoms with Gasteiger partial charge in [0.2, 0.25) is 0 Å². The summed E-state index contributed by atoms with van der Waals surface area (Å²) in [6.07, 6.45) is 3.32. The molecule has 0 saturated heterocycles. The van der Waals surface area contributed by atoms with E-state index < -0.39 is 0 Å². The molecule has 0 spiro atoms. The number of aromatic amines is 1. The number of nitrogens with zero attached hydrogens (tertiary/aromatic N) is 3. The first-order valence-electron chi connectivity index (χ1n) is 3.14. The van der Waals surface area contributed by atoms with Crippen molar-refractivity contribution in [3.05, 3.63) is 22.7 Å². The Hall–Kier alpha value is -1.65. The molecule has 0 amide bonds. The van der Waals surface area contributed by atoms with Gasteiger partial charge >= 0.3 is 0 Å². The lowest BCUT2D eigenvalue weighted by molar-refractivity contribution is 0.777. The van der Waals surface area contributed by atoms with Gasteiger partial charge in [-0.2, -0.15) is 10.2 Å². The summed E-state index contributed by atoms with van der Waals surface area (Å²) in [5, 5.41) is 10.6. The van der Waals surface area contributed by atoms with E-state index in [1.165, 1.54) is 0 Å². The van der Waals surface area contributed by atoms with Gasteiger partial charge in [-0.05, 0) is 0 Å². The lowest BCUT2D eigenvalue weighted by Gasteiger charge is -1.80. The van der Waals surface area contributed by atoms with Crippen molar-refractivity contribution >= 4 is 10.9 Å². The first kappa shape index (κ1) is 6.09. The summed E-state index contributed by atoms with van der Waals surface area (Å²) in [6, 6.07) is 0. The Bertz CT molecular complexity index is 441. The van der Waals surface area contributed by atoms with Gasteiger partial charge in [-0.15, -0.1) is 0 Å². The molecule has 0 bridgehead atoms. The molecule has 2 heterocycles. The lowest BCUT2D eigenvalue weighted by atomic mass is 10.4. The summed E-state index contributed by atoms with van der Waals surface area (Å²) >= 11 is 0. The second-order valence-corrected chi connectivity index (χ2v) is 2.31. The number of fused-ring (bicyclic) bond motifs is 1. The lowest BCUT2D eigenvalue weighted by Crippen LogP contribution is -2.07. The summed E-state index contributed by atoms with van der Waals surface area (Å²) in [5.41, 5.74) is 0.186. The molecule has 5 heteroatoms. The number of aryl methyl sites for hydroxylation is 1. The van der Waals surface area contributed by atoms with Crippen LogP contribution >= 0.6 is 0 Å². The van der Waals surface area contributed by atoms with E-state index in [1.54, 1.807) is 24.1 Å². The van der Waals surface area contributed by atoms with Crippen molar-refractivity contribution < 1.29 is 0 Å². The van der Waals surface area contributed by atoms with Crippen LogP contribution in [0.5, 0.6) is 0 Å². The quantitative estimate of drug-likeness (QED) is 0.558. The van der Waals surface area contributed by atoms with E-state index in [9.17, 15) is 4.79 Å². The monoisotopic (exact) mass is 150 g/mol. The van der Waals surface area contributed by atoms with Crippen molar-refractivity contribution in [3.8, 4) is 0 Å². The molecule has 0 aromatic carbocycles. The van der Waals surface area contributed by atoms with Crippen molar-refractivity contribution in [2.75, 3.05) is 0 Å². The zero-order valence-electron chi connectivity index (χ0n) is 5.90. The predicted octanol–water partition coefficient (Wildman–Crippen LogP) is -0.343. The highest BCUT2D eigenvalue weighted by Crippen LogP contribution is 2.01. The van der Waals surface area contributed by atoms with Gasteiger partial charge in [0.15, 0.2) is 5.52 Å². The van der Waals surface area contributed by atoms with E-state index >= 15 is 0 Å². The number of rotatable bonds is 0. The van der Waals surface area contributed by atoms with Crippen LogP contribution in [-0.4, -0.2) is 20.0 Å². The molecule has 1 N–H and O–H groups in total. The van der Waals surface area contributed by atoms with Crippen LogP contribution in [0, 0.1) is 0 Å². The molecule has 2 aromatic heterocycles. The van der Waals surface area contributed by atoms with Crippen LogP contribution in [0.15, 0.2) is 17.2 Å². The maximum absolute atomic E-state index is 11.0. The highest BCUT2D eigenvalue weighted by molar-refractivity contribution is 5.75. The Morgan fingerprint density at radius 3 is 3.18 bits per heavy atom. The Labute approximate surface area is 61.7 Å². The van der Waals surface area contributed by atoms with Crippen LogP contribution in [-0.2, 0) is 7.05 Å². The Kier molecular flexibility index (Phi) is 1.06. The summed E-state index contributed by atoms with van der Waals surface area (Å²) in [4.78, 5) is 11.0. The van der Waals surface area contributed by atoms with Crippen molar-refractivity contribution in [1.29, 1.82) is 0 Å². The van der Waals surface area contributed by atoms with Gasteiger partial charge < -0.3 is 0 Å². The minimum Gasteiger partial charge on any atom is -0.274 e. The van der Waals surface area contributed by atoms with Crippen LogP contribution in [0.3, 0.4) is 0 Å². The molecule has 0 fully saturated rings. The number of H-pyrrole nitrogens is 1. The highest BCUT2D eigenvalue weighted by Gasteiger charge is 2.00. The maximum Gasteiger partial charge on any atom is 0.292 e. The average Bonchev–Trinajstić information content (AvgIpc) is 2.31. The zero-order valence-corrected chi connectivity index (χ0v) is 5.90. The molecule has 5 nitrogen and oxygen atoms in total. The summed E-state index contributed by atoms with van der Waals surface area (Å²) in [5.74, 6) is 0. The van der Waals surface area contributed by atoms with Crippen LogP contribution in [0.1, 0.15) is 0 Å². The molecule has 0 saturated carbocycles. The zero-order chi connectivity index (χ0) is 7.84. The molecule has 56 valence electrons. The number of nitrogens with one attached hydrogen (secondary N) is 1. The number of hydrogen-bond acceptors (Lipinski definition) is 3. The van der Waals surface area contributed by atoms with E-state index in [-0.39, 0.29) is 5.56 Å². The first-order valence-corrected chi connectivity index (χ1v) is 3.14. The first-order chi connectivity index (χ1) is 5.27. The van der Waals surface area contributed by atoms with Gasteiger partial charge in [0.25, 0.3) is 5.56 Å². The fraction of sp³-hybridized carbons (Fsp3) is 0.167. The molecule has 0 aliphatic carbocycles. The Morgan fingerprint density at radius 2 is 2.45 bits per heavy atom. The van der Waals surface area contributed by atoms with E-state index in [2.05, 4.69) is 15.3 Å². The van der Waals surface area contributed by atoms with Crippen molar-refractivity contribution in [3.63, 3.8) is 0 Å². The molecular formula is C6H6N4O. The average molecular weight is 150 g/mol. The second-order valence-electron chi connectivity index (χ2n) is 2.31. The van der Waals surface area contributed by atoms with E-state index in [4.69, 9.17) is 0 Å². The van der Waals surface area contributed by atoms with Gasteiger partial charge in [-0.3, -0.25) is 9.48 Å². The van der Waals surface area contributed by atoms with Crippen LogP contribution in [0.2, 0.25) is 0 Å². The molecular weight excluding hydrogens is 144 g/mol. The Morgan fingerprint density at radius 1 is 1.64 bits per heavy atom. The predicted molar refractivity (Wildman–Crippen MR) is 39.1 cm³/mol. The van der Waals surface area contributed by atoms with Crippen LogP contribution in [0.25, 0.3) is 10.9 Å². The molecule has 0 aliphatic rings. The molecule has 0 atom stereocenters. The fourth-order valence-corrected chi connectivity index (χ4v) is 0.991. The highest BCUT2D eigenvalue weighted by atomic mass is 16.1. The summed E-state index contributed by atoms with van der Waals surface area (Å²) in [7, 11) is 1.76. The molecule has 11 heavy (non-hydrogen) atoms. The third kappa shape index (κ3) is 0.813. The number of aromatic nitrogens is 4. The smallest absolute Gasteiger partial charge is 0.274 e. The maximum atomic E-state index is 11.0. The van der Waals surface area contributed by atoms with Crippen molar-refractivity contribution in [2.24, 2.45) is 7.05 Å². The summed E-state index contributed by atoms with van der Waals surface area (Å²) < 4.78 is 1.58. The minimum atomic E-state index is -0.247. The van der Waals surface area contributed by atoms with E-state index in [0.717, 1.165) is 5.39 Å². The van der Waals surface area contributed by atoms with Gasteiger partial charge in [-0.1, -0.05) is 0 Å². The third-order valence-electron chi connectivity index (χ3n) is 1.44. The van der Waals surface area contributed by atoms with Crippen molar-refractivity contribution in [1.82, 2.24) is 20.0 Å². The van der Waals surface area contributed by atoms with E-state index in [1.807, 2.05) is 0 Å². The molecule has 2 rings (SSSR count). The van der Waals surface area contributed by atoms with Crippen molar-refractivity contribution in [2.45, 2.75) is 0 Å². The third-order valence-corrected chi connectivity index (χ3v) is 1.44. The number of hydrogen-bond donors (Lipinski definition) is 1. The largest absolute Gasteiger partial charge is 0.292 e. The normalized spacial score (nSPS) is 10.6. The molecule has 2 aromatic rings. The van der Waals surface area contributed by atoms with Gasteiger partial charge in [0.1, 0.15) is 0 Å². The fourth-order valence-electron chi connectivity index (χ4n) is 0.991. The van der Waals surface area contributed by atoms with Gasteiger partial charge in [0, 0.05) is 18.6 Å². The second kappa shape index (κ2) is 1.91. The summed E-state index contributed by atoms with van der Waals surface area (Å²) in [6.45, 7) is 0. The van der Waals surface area contributed by atoms with Gasteiger partial charge in [-0.25, -0.2) is 5.10 Å². The Balaban J connectivity index is 3.02. The molecule has 0 radical (unpaired) electrons. The van der Waals surface area contributed by atoms with Crippen LogP contribution < -0.4 is 5.56 Å². The minimum absolute atomic E-state index is 0.247. The SMILES string of the molecule is Cn1cc2cn[nH]c(=O)c2n1. The molecule has 0 aliphatic heterocycles. The van der Waals surface area contributed by atoms with Crippen LogP contribution in [0.4, 0.5) is 0 Å². The van der Waals surface area contributed by atoms with E-state index in [0.29, 0.717) is 5.52 Å². The molecule has 0 unspecified atom stereocenters. The topological polar surface area (TPSA) is 63.6 Å². The standard InChI is InChI=1S/C6H6N4O/c1-10-3-4-2-7-8-6(11)5(4)9-10/h2-3H,1H3,(H,8,11).